The first kappa shape index (κ1) is 25.5. The summed E-state index contributed by atoms with van der Waals surface area (Å²) in [6.45, 7) is 10.0. The van der Waals surface area contributed by atoms with Crippen molar-refractivity contribution in [2.24, 2.45) is 17.8 Å². The van der Waals surface area contributed by atoms with Crippen molar-refractivity contribution >= 4 is 11.8 Å². The monoisotopic (exact) mass is 540 g/mol. The van der Waals surface area contributed by atoms with Crippen LogP contribution in [0.5, 0.6) is 0 Å². The van der Waals surface area contributed by atoms with E-state index in [0.717, 1.165) is 0 Å². The van der Waals surface area contributed by atoms with Crippen LogP contribution in [0.25, 0.3) is 0 Å². The first-order valence-corrected chi connectivity index (χ1v) is 13.3. The van der Waals surface area contributed by atoms with Gasteiger partial charge in [0.2, 0.25) is 0 Å². The standard InChI is InChI=1S/C29H32O10/c1-13(2)27-21(35-16(5)31)15(4)28-18-11-14(3)20(32)26(18,34)24(33)25(12-30)22(36-25)19(28)23(27)37-29(38-27,39-28)17-9-7-6-8-10-17/h6-11,15,18-19,21-24,30,33-34H,1,12H2,2-5H3/t15-,18?,19?,21-,22?,23-,24-,25+,26-,27+,28+,29?/m1/s1. The summed E-state index contributed by atoms with van der Waals surface area (Å²) in [6, 6.07) is 8.99. The van der Waals surface area contributed by atoms with Crippen LogP contribution in [0.1, 0.15) is 33.3 Å². The average Bonchev–Trinajstić information content (AvgIpc) is 3.53. The molecule has 3 heterocycles. The molecular formula is C29H32O10. The first-order valence-electron chi connectivity index (χ1n) is 13.3. The normalized spacial score (nSPS) is 52.3. The van der Waals surface area contributed by atoms with E-state index in [2.05, 4.69) is 6.58 Å². The number of rotatable bonds is 4. The van der Waals surface area contributed by atoms with Crippen LogP contribution in [0.4, 0.5) is 0 Å². The Morgan fingerprint density at radius 2 is 1.82 bits per heavy atom. The number of hydrogen-bond acceptors (Lipinski definition) is 10. The van der Waals surface area contributed by atoms with E-state index in [1.165, 1.54) is 6.92 Å². The predicted octanol–water partition coefficient (Wildman–Crippen LogP) is 0.874. The highest BCUT2D eigenvalue weighted by Crippen LogP contribution is 2.74. The van der Waals surface area contributed by atoms with E-state index in [4.69, 9.17) is 23.7 Å². The van der Waals surface area contributed by atoms with Crippen molar-refractivity contribution in [3.63, 3.8) is 0 Å². The third-order valence-corrected chi connectivity index (χ3v) is 10.2. The molecule has 1 aromatic rings. The maximum absolute atomic E-state index is 13.6. The molecule has 39 heavy (non-hydrogen) atoms. The fourth-order valence-corrected chi connectivity index (χ4v) is 8.49. The fourth-order valence-electron chi connectivity index (χ4n) is 8.49. The Labute approximate surface area is 225 Å². The second-order valence-electron chi connectivity index (χ2n) is 12.0. The van der Waals surface area contributed by atoms with Crippen molar-refractivity contribution in [2.45, 2.75) is 80.5 Å². The molecule has 12 atom stereocenters. The lowest BCUT2D eigenvalue weighted by molar-refractivity contribution is -0.440. The molecule has 5 fully saturated rings. The molecule has 4 unspecified atom stereocenters. The molecule has 208 valence electrons. The van der Waals surface area contributed by atoms with Gasteiger partial charge in [-0.1, -0.05) is 49.9 Å². The Morgan fingerprint density at radius 1 is 1.13 bits per heavy atom. The molecule has 3 bridgehead atoms. The molecule has 0 aromatic heterocycles. The minimum Gasteiger partial charge on any atom is -0.459 e. The largest absolute Gasteiger partial charge is 0.459 e. The van der Waals surface area contributed by atoms with Gasteiger partial charge in [-0.3, -0.25) is 9.59 Å². The van der Waals surface area contributed by atoms with Crippen molar-refractivity contribution in [1.29, 1.82) is 0 Å². The maximum atomic E-state index is 13.6. The van der Waals surface area contributed by atoms with E-state index >= 15 is 0 Å². The van der Waals surface area contributed by atoms with Gasteiger partial charge in [-0.25, -0.2) is 0 Å². The zero-order chi connectivity index (χ0) is 27.9. The van der Waals surface area contributed by atoms with Gasteiger partial charge in [-0.15, -0.1) is 0 Å². The van der Waals surface area contributed by atoms with Gasteiger partial charge in [0.25, 0.3) is 0 Å². The number of carbonyl (C=O) groups is 2. The molecule has 0 amide bonds. The number of fused-ring (bicyclic) bond motifs is 3. The van der Waals surface area contributed by atoms with Crippen molar-refractivity contribution in [3.05, 3.63) is 59.7 Å². The van der Waals surface area contributed by atoms with Gasteiger partial charge in [0, 0.05) is 30.2 Å². The minimum absolute atomic E-state index is 0.243. The molecule has 6 aliphatic rings. The first-order chi connectivity index (χ1) is 18.4. The number of hydrogen-bond donors (Lipinski definition) is 3. The number of ketones is 1. The van der Waals surface area contributed by atoms with Gasteiger partial charge in [-0.05, 0) is 25.0 Å². The molecule has 1 aromatic carbocycles. The molecule has 3 aliphatic heterocycles. The van der Waals surface area contributed by atoms with Crippen LogP contribution in [0, 0.1) is 17.8 Å². The third-order valence-electron chi connectivity index (χ3n) is 10.2. The molecule has 0 radical (unpaired) electrons. The summed E-state index contributed by atoms with van der Waals surface area (Å²) in [5, 5.41) is 34.4. The van der Waals surface area contributed by atoms with Crippen LogP contribution >= 0.6 is 0 Å². The lowest BCUT2D eigenvalue weighted by atomic mass is 9.53. The van der Waals surface area contributed by atoms with Gasteiger partial charge >= 0.3 is 11.9 Å². The van der Waals surface area contributed by atoms with E-state index in [-0.39, 0.29) is 5.57 Å². The molecule has 3 saturated heterocycles. The van der Waals surface area contributed by atoms with Crippen LogP contribution in [-0.4, -0.2) is 80.5 Å². The van der Waals surface area contributed by atoms with E-state index in [0.29, 0.717) is 11.1 Å². The van der Waals surface area contributed by atoms with Crippen molar-refractivity contribution in [1.82, 2.24) is 0 Å². The number of esters is 1. The topological polar surface area (TPSA) is 144 Å². The van der Waals surface area contributed by atoms with E-state index in [9.17, 15) is 24.9 Å². The van der Waals surface area contributed by atoms with Crippen LogP contribution < -0.4 is 0 Å². The van der Waals surface area contributed by atoms with Gasteiger partial charge < -0.3 is 39.0 Å². The van der Waals surface area contributed by atoms with Gasteiger partial charge in [0.15, 0.2) is 17.0 Å². The minimum atomic E-state index is -2.39. The van der Waals surface area contributed by atoms with Gasteiger partial charge in [0.05, 0.1) is 12.2 Å². The summed E-state index contributed by atoms with van der Waals surface area (Å²) in [5.41, 5.74) is -5.65. The molecule has 7 rings (SSSR count). The summed E-state index contributed by atoms with van der Waals surface area (Å²) in [4.78, 5) is 26.1. The van der Waals surface area contributed by atoms with E-state index in [1.807, 2.05) is 13.0 Å². The zero-order valence-electron chi connectivity index (χ0n) is 22.1. The van der Waals surface area contributed by atoms with Crippen molar-refractivity contribution in [2.75, 3.05) is 6.61 Å². The smallest absolute Gasteiger partial charge is 0.314 e. The third kappa shape index (κ3) is 2.58. The Balaban J connectivity index is 1.57. The summed E-state index contributed by atoms with van der Waals surface area (Å²) < 4.78 is 32.6. The van der Waals surface area contributed by atoms with Crippen molar-refractivity contribution in [3.8, 4) is 0 Å². The number of aliphatic hydroxyl groups is 3. The molecule has 3 N–H and O–H groups in total. The Bertz CT molecular complexity index is 1340. The molecular weight excluding hydrogens is 508 g/mol. The predicted molar refractivity (Wildman–Crippen MR) is 132 cm³/mol. The Morgan fingerprint density at radius 3 is 2.44 bits per heavy atom. The Kier molecular flexibility index (Phi) is 4.87. The highest BCUT2D eigenvalue weighted by Gasteiger charge is 2.90. The number of aliphatic hydroxyl groups excluding tert-OH is 2. The van der Waals surface area contributed by atoms with Crippen LogP contribution in [0.2, 0.25) is 0 Å². The maximum Gasteiger partial charge on any atom is 0.314 e. The SMILES string of the molecule is C=C(C)[C@@]12OC3(c4ccccc4)O[C@@H]1C1C4O[C@]4(CO)[C@@H](O)[C@]4(O)C(=O)C(C)=CC4[C@@]1(O3)[C@H](C)[C@H]2OC(C)=O. The van der Waals surface area contributed by atoms with E-state index < -0.39 is 88.9 Å². The van der Waals surface area contributed by atoms with Crippen LogP contribution in [0.15, 0.2) is 54.1 Å². The number of ether oxygens (including phenoxy) is 5. The highest BCUT2D eigenvalue weighted by molar-refractivity contribution is 6.05. The summed E-state index contributed by atoms with van der Waals surface area (Å²) >= 11 is 0. The Hall–Kier alpha value is -2.44. The quantitative estimate of drug-likeness (QED) is 0.286. The zero-order valence-corrected chi connectivity index (χ0v) is 22.1. The molecule has 3 aliphatic carbocycles. The average molecular weight is 541 g/mol. The summed E-state index contributed by atoms with van der Waals surface area (Å²) in [6.07, 6.45) is -2.91. The van der Waals surface area contributed by atoms with Crippen LogP contribution in [0.3, 0.4) is 0 Å². The summed E-state index contributed by atoms with van der Waals surface area (Å²) in [7, 11) is 0. The van der Waals surface area contributed by atoms with Crippen LogP contribution in [-0.2, 0) is 39.2 Å². The molecule has 10 heteroatoms. The highest BCUT2D eigenvalue weighted by atomic mass is 16.9. The second-order valence-corrected chi connectivity index (χ2v) is 12.0. The van der Waals surface area contributed by atoms with Crippen molar-refractivity contribution < 1.29 is 48.6 Å². The van der Waals surface area contributed by atoms with Gasteiger partial charge in [0.1, 0.15) is 30.0 Å². The fraction of sp³-hybridized carbons (Fsp3) is 0.586. The van der Waals surface area contributed by atoms with E-state index in [1.54, 1.807) is 44.2 Å². The molecule has 0 spiro atoms. The molecule has 10 nitrogen and oxygen atoms in total. The number of Topliss-reactive ketones (excluding diaryl/α,β-unsaturated/α-hetero) is 1. The number of epoxide rings is 1. The lowest BCUT2D eigenvalue weighted by Gasteiger charge is -2.61. The number of benzene rings is 1. The number of carbonyl (C=O) groups excluding carboxylic acids is 2. The van der Waals surface area contributed by atoms with Gasteiger partial charge in [-0.2, -0.15) is 0 Å². The second kappa shape index (κ2) is 7.44. The molecule has 2 saturated carbocycles. The lowest BCUT2D eigenvalue weighted by Crippen LogP contribution is -2.76. The summed E-state index contributed by atoms with van der Waals surface area (Å²) in [5.74, 6) is -5.64.